The molecule has 4 nitrogen and oxygen atoms in total. The van der Waals surface area contributed by atoms with Crippen LogP contribution in [0.3, 0.4) is 0 Å². The van der Waals surface area contributed by atoms with E-state index in [1.807, 2.05) is 0 Å². The van der Waals surface area contributed by atoms with Gasteiger partial charge in [-0.15, -0.1) is 6.58 Å². The Labute approximate surface area is 139 Å². The molecule has 4 heteroatoms. The van der Waals surface area contributed by atoms with E-state index in [2.05, 4.69) is 23.6 Å². The van der Waals surface area contributed by atoms with E-state index in [4.69, 9.17) is 9.47 Å². The quantitative estimate of drug-likeness (QED) is 0.578. The Morgan fingerprint density at radius 1 is 1.43 bits per heavy atom. The monoisotopic (exact) mass is 319 g/mol. The van der Waals surface area contributed by atoms with Gasteiger partial charge in [-0.25, -0.2) is 0 Å². The Balaban J connectivity index is 1.68. The van der Waals surface area contributed by atoms with Crippen LogP contribution in [-0.4, -0.2) is 49.8 Å². The molecule has 3 atom stereocenters. The van der Waals surface area contributed by atoms with E-state index in [-0.39, 0.29) is 17.4 Å². The fraction of sp³-hybridized carbons (Fsp3) is 0.737. The van der Waals surface area contributed by atoms with Gasteiger partial charge in [-0.1, -0.05) is 18.2 Å². The number of ether oxygens (including phenoxy) is 2. The molecule has 2 fully saturated rings. The number of rotatable bonds is 5. The standard InChI is InChI=1S/C19H29NO3/c1-2-12-22-15-19-10-6-13-23-17(19)9-11-20(14-19)18(21)16-7-4-3-5-8-16/h2-4,16-17H,1,5-15H2/t16-,17-,19-/m1/s1. The Hall–Kier alpha value is -1.13. The van der Waals surface area contributed by atoms with Crippen LogP contribution < -0.4 is 0 Å². The minimum atomic E-state index is -0.0281. The highest BCUT2D eigenvalue weighted by Crippen LogP contribution is 2.41. The molecule has 0 aromatic carbocycles. The minimum Gasteiger partial charge on any atom is -0.377 e. The van der Waals surface area contributed by atoms with Crippen molar-refractivity contribution in [1.29, 1.82) is 0 Å². The number of hydrogen-bond donors (Lipinski definition) is 0. The summed E-state index contributed by atoms with van der Waals surface area (Å²) >= 11 is 0. The van der Waals surface area contributed by atoms with Crippen molar-refractivity contribution in [2.75, 3.05) is 32.9 Å². The molecular formula is C19H29NO3. The zero-order chi connectivity index (χ0) is 16.1. The lowest BCUT2D eigenvalue weighted by Crippen LogP contribution is -2.58. The number of carbonyl (C=O) groups is 1. The van der Waals surface area contributed by atoms with Gasteiger partial charge < -0.3 is 14.4 Å². The molecule has 128 valence electrons. The van der Waals surface area contributed by atoms with E-state index in [1.54, 1.807) is 6.08 Å². The molecule has 0 aromatic rings. The first-order chi connectivity index (χ1) is 11.2. The Kier molecular flexibility index (Phi) is 5.54. The Morgan fingerprint density at radius 2 is 2.35 bits per heavy atom. The molecule has 3 aliphatic rings. The summed E-state index contributed by atoms with van der Waals surface area (Å²) in [5.41, 5.74) is -0.0281. The highest BCUT2D eigenvalue weighted by molar-refractivity contribution is 5.79. The molecule has 1 aliphatic carbocycles. The van der Waals surface area contributed by atoms with E-state index in [9.17, 15) is 4.79 Å². The van der Waals surface area contributed by atoms with E-state index in [1.165, 1.54) is 0 Å². The molecule has 3 rings (SSSR count). The van der Waals surface area contributed by atoms with E-state index >= 15 is 0 Å². The van der Waals surface area contributed by atoms with Gasteiger partial charge in [0.25, 0.3) is 0 Å². The van der Waals surface area contributed by atoms with Crippen molar-refractivity contribution in [1.82, 2.24) is 4.90 Å². The van der Waals surface area contributed by atoms with Crippen molar-refractivity contribution in [3.63, 3.8) is 0 Å². The zero-order valence-corrected chi connectivity index (χ0v) is 14.0. The Bertz CT molecular complexity index is 462. The summed E-state index contributed by atoms with van der Waals surface area (Å²) in [6.07, 6.45) is 12.4. The van der Waals surface area contributed by atoms with Crippen LogP contribution in [-0.2, 0) is 14.3 Å². The summed E-state index contributed by atoms with van der Waals surface area (Å²) in [5, 5.41) is 0. The summed E-state index contributed by atoms with van der Waals surface area (Å²) in [5.74, 6) is 0.508. The number of fused-ring (bicyclic) bond motifs is 1. The van der Waals surface area contributed by atoms with Gasteiger partial charge in [0.2, 0.25) is 5.91 Å². The second-order valence-corrected chi connectivity index (χ2v) is 7.16. The largest absolute Gasteiger partial charge is 0.377 e. The maximum absolute atomic E-state index is 12.9. The Morgan fingerprint density at radius 3 is 3.13 bits per heavy atom. The number of allylic oxidation sites excluding steroid dienone is 2. The topological polar surface area (TPSA) is 38.8 Å². The second kappa shape index (κ2) is 7.63. The summed E-state index contributed by atoms with van der Waals surface area (Å²) in [6.45, 7) is 7.41. The van der Waals surface area contributed by atoms with Crippen molar-refractivity contribution in [3.05, 3.63) is 24.8 Å². The van der Waals surface area contributed by atoms with Gasteiger partial charge in [0.05, 0.1) is 19.3 Å². The van der Waals surface area contributed by atoms with Crippen molar-refractivity contribution < 1.29 is 14.3 Å². The molecule has 2 aliphatic heterocycles. The highest BCUT2D eigenvalue weighted by atomic mass is 16.5. The third kappa shape index (κ3) is 3.69. The third-order valence-electron chi connectivity index (χ3n) is 5.54. The molecule has 1 amide bonds. The molecule has 23 heavy (non-hydrogen) atoms. The summed E-state index contributed by atoms with van der Waals surface area (Å²) < 4.78 is 11.8. The van der Waals surface area contributed by atoms with Gasteiger partial charge in [0.1, 0.15) is 0 Å². The predicted molar refractivity (Wildman–Crippen MR) is 90.1 cm³/mol. The molecule has 0 aromatic heterocycles. The van der Waals surface area contributed by atoms with Crippen LogP contribution in [0.2, 0.25) is 0 Å². The molecule has 0 bridgehead atoms. The lowest BCUT2D eigenvalue weighted by molar-refractivity contribution is -0.166. The predicted octanol–water partition coefficient (Wildman–Crippen LogP) is 2.94. The van der Waals surface area contributed by atoms with Crippen LogP contribution >= 0.6 is 0 Å². The van der Waals surface area contributed by atoms with Crippen LogP contribution in [0.25, 0.3) is 0 Å². The number of likely N-dealkylation sites (tertiary alicyclic amines) is 1. The lowest BCUT2D eigenvalue weighted by atomic mass is 9.72. The summed E-state index contributed by atoms with van der Waals surface area (Å²) in [6, 6.07) is 0. The maximum atomic E-state index is 12.9. The van der Waals surface area contributed by atoms with Gasteiger partial charge in [0, 0.05) is 31.0 Å². The summed E-state index contributed by atoms with van der Waals surface area (Å²) in [4.78, 5) is 15.0. The van der Waals surface area contributed by atoms with Crippen LogP contribution in [0.4, 0.5) is 0 Å². The van der Waals surface area contributed by atoms with Crippen molar-refractivity contribution in [2.24, 2.45) is 11.3 Å². The van der Waals surface area contributed by atoms with Gasteiger partial charge in [-0.3, -0.25) is 4.79 Å². The maximum Gasteiger partial charge on any atom is 0.226 e. The fourth-order valence-electron chi connectivity index (χ4n) is 4.31. The molecule has 0 unspecified atom stereocenters. The highest BCUT2D eigenvalue weighted by Gasteiger charge is 2.47. The molecule has 0 radical (unpaired) electrons. The number of nitrogens with zero attached hydrogens (tertiary/aromatic N) is 1. The van der Waals surface area contributed by atoms with E-state index in [0.717, 1.165) is 58.2 Å². The average molecular weight is 319 g/mol. The molecule has 2 heterocycles. The van der Waals surface area contributed by atoms with E-state index in [0.29, 0.717) is 19.1 Å². The van der Waals surface area contributed by atoms with Gasteiger partial charge >= 0.3 is 0 Å². The van der Waals surface area contributed by atoms with Crippen LogP contribution in [0.5, 0.6) is 0 Å². The smallest absolute Gasteiger partial charge is 0.226 e. The molecule has 2 saturated heterocycles. The fourth-order valence-corrected chi connectivity index (χ4v) is 4.31. The summed E-state index contributed by atoms with van der Waals surface area (Å²) in [7, 11) is 0. The van der Waals surface area contributed by atoms with Gasteiger partial charge in [-0.2, -0.15) is 0 Å². The van der Waals surface area contributed by atoms with Crippen LogP contribution in [0.1, 0.15) is 38.5 Å². The molecule has 0 N–H and O–H groups in total. The van der Waals surface area contributed by atoms with Gasteiger partial charge in [-0.05, 0) is 38.5 Å². The van der Waals surface area contributed by atoms with E-state index < -0.39 is 0 Å². The molecule has 0 saturated carbocycles. The SMILES string of the molecule is C=CCOC[C@]12CCCO[C@@H]1CCN(C(=O)[C@@H]1CC=CCC1)C2. The minimum absolute atomic E-state index is 0.0281. The van der Waals surface area contributed by atoms with Crippen molar-refractivity contribution >= 4 is 5.91 Å². The molecule has 0 spiro atoms. The normalized spacial score (nSPS) is 34.0. The third-order valence-corrected chi connectivity index (χ3v) is 5.54. The number of hydrogen-bond acceptors (Lipinski definition) is 3. The van der Waals surface area contributed by atoms with Gasteiger partial charge in [0.15, 0.2) is 0 Å². The van der Waals surface area contributed by atoms with Crippen molar-refractivity contribution in [3.8, 4) is 0 Å². The van der Waals surface area contributed by atoms with Crippen LogP contribution in [0, 0.1) is 11.3 Å². The lowest BCUT2D eigenvalue weighted by Gasteiger charge is -2.50. The van der Waals surface area contributed by atoms with Crippen LogP contribution in [0.15, 0.2) is 24.8 Å². The number of amides is 1. The first-order valence-electron chi connectivity index (χ1n) is 8.99. The number of piperidine rings is 1. The first kappa shape index (κ1) is 16.7. The average Bonchev–Trinajstić information content (AvgIpc) is 2.61. The second-order valence-electron chi connectivity index (χ2n) is 7.16. The van der Waals surface area contributed by atoms with Crippen molar-refractivity contribution in [2.45, 2.75) is 44.6 Å². The first-order valence-corrected chi connectivity index (χ1v) is 8.99. The number of carbonyl (C=O) groups excluding carboxylic acids is 1. The molecular weight excluding hydrogens is 290 g/mol. The zero-order valence-electron chi connectivity index (χ0n) is 14.0.